The van der Waals surface area contributed by atoms with Crippen molar-refractivity contribution in [1.82, 2.24) is 19.7 Å². The Morgan fingerprint density at radius 2 is 1.71 bits per heavy atom. The molecule has 7 heteroatoms. The molecule has 0 saturated carbocycles. The Kier molecular flexibility index (Phi) is 4.90. The second kappa shape index (κ2) is 7.66. The maximum absolute atomic E-state index is 14.1. The third kappa shape index (κ3) is 3.65. The van der Waals surface area contributed by atoms with Gasteiger partial charge in [0.05, 0.1) is 18.4 Å². The summed E-state index contributed by atoms with van der Waals surface area (Å²) in [7, 11) is 0. The van der Waals surface area contributed by atoms with Crippen molar-refractivity contribution in [1.29, 1.82) is 0 Å². The Bertz CT molecular complexity index is 1120. The van der Waals surface area contributed by atoms with E-state index in [-0.39, 0.29) is 5.56 Å². The molecule has 0 aliphatic heterocycles. The molecule has 4 rings (SSSR count). The average Bonchev–Trinajstić information content (AvgIpc) is 3.19. The number of halogens is 2. The first-order chi connectivity index (χ1) is 13.6. The average molecular weight is 377 g/mol. The Labute approximate surface area is 160 Å². The molecule has 3 aromatic heterocycles. The highest BCUT2D eigenvalue weighted by atomic mass is 19.1. The lowest BCUT2D eigenvalue weighted by Gasteiger charge is -2.07. The van der Waals surface area contributed by atoms with E-state index in [9.17, 15) is 8.78 Å². The fraction of sp³-hybridized carbons (Fsp3) is 0.0952. The van der Waals surface area contributed by atoms with Gasteiger partial charge in [-0.2, -0.15) is 5.10 Å². The number of hydrogen-bond donors (Lipinski definition) is 1. The highest BCUT2D eigenvalue weighted by Gasteiger charge is 2.10. The van der Waals surface area contributed by atoms with Crippen molar-refractivity contribution in [2.24, 2.45) is 5.73 Å². The van der Waals surface area contributed by atoms with E-state index in [1.54, 1.807) is 41.6 Å². The van der Waals surface area contributed by atoms with Gasteiger partial charge >= 0.3 is 0 Å². The maximum atomic E-state index is 14.1. The molecule has 0 fully saturated rings. The SMILES string of the molecule is NCCn1cc(-c2cncc(-c3ccnc(-c4cc(F)ccc4F)c3)c2)cn1. The fourth-order valence-electron chi connectivity index (χ4n) is 2.97. The molecule has 0 saturated heterocycles. The van der Waals surface area contributed by atoms with E-state index in [1.807, 2.05) is 12.3 Å². The zero-order valence-electron chi connectivity index (χ0n) is 14.9. The summed E-state index contributed by atoms with van der Waals surface area (Å²) in [4.78, 5) is 8.50. The smallest absolute Gasteiger partial charge is 0.132 e. The van der Waals surface area contributed by atoms with Crippen LogP contribution >= 0.6 is 0 Å². The van der Waals surface area contributed by atoms with Gasteiger partial charge in [-0.05, 0) is 42.0 Å². The van der Waals surface area contributed by atoms with E-state index in [4.69, 9.17) is 5.73 Å². The van der Waals surface area contributed by atoms with E-state index in [1.165, 1.54) is 0 Å². The molecule has 0 radical (unpaired) electrons. The molecule has 28 heavy (non-hydrogen) atoms. The topological polar surface area (TPSA) is 69.6 Å². The zero-order chi connectivity index (χ0) is 19.5. The van der Waals surface area contributed by atoms with Crippen LogP contribution in [0.15, 0.2) is 67.4 Å². The predicted molar refractivity (Wildman–Crippen MR) is 103 cm³/mol. The maximum Gasteiger partial charge on any atom is 0.132 e. The van der Waals surface area contributed by atoms with Crippen molar-refractivity contribution in [3.05, 3.63) is 79.0 Å². The van der Waals surface area contributed by atoms with Gasteiger partial charge in [-0.1, -0.05) is 0 Å². The molecule has 0 unspecified atom stereocenters. The first-order valence-electron chi connectivity index (χ1n) is 8.74. The van der Waals surface area contributed by atoms with Crippen LogP contribution in [0.25, 0.3) is 33.5 Å². The van der Waals surface area contributed by atoms with Crippen LogP contribution in [0.1, 0.15) is 0 Å². The van der Waals surface area contributed by atoms with Gasteiger partial charge in [0.25, 0.3) is 0 Å². The Hall–Kier alpha value is -3.45. The number of nitrogens with two attached hydrogens (primary N) is 1. The molecule has 4 aromatic rings. The molecule has 0 amide bonds. The minimum Gasteiger partial charge on any atom is -0.329 e. The molecule has 0 aliphatic rings. The summed E-state index contributed by atoms with van der Waals surface area (Å²) in [6.07, 6.45) is 8.71. The molecule has 0 spiro atoms. The number of pyridine rings is 2. The normalized spacial score (nSPS) is 11.0. The van der Waals surface area contributed by atoms with Crippen LogP contribution in [-0.4, -0.2) is 26.3 Å². The minimum atomic E-state index is -0.523. The summed E-state index contributed by atoms with van der Waals surface area (Å²) in [5.74, 6) is -1.04. The van der Waals surface area contributed by atoms with E-state index >= 15 is 0 Å². The van der Waals surface area contributed by atoms with Crippen molar-refractivity contribution in [3.63, 3.8) is 0 Å². The lowest BCUT2D eigenvalue weighted by atomic mass is 10.0. The van der Waals surface area contributed by atoms with E-state index in [0.717, 1.165) is 40.5 Å². The van der Waals surface area contributed by atoms with Gasteiger partial charge in [-0.25, -0.2) is 8.78 Å². The van der Waals surface area contributed by atoms with Crippen LogP contribution in [0.2, 0.25) is 0 Å². The molecule has 0 atom stereocenters. The Morgan fingerprint density at radius 1 is 0.893 bits per heavy atom. The second-order valence-corrected chi connectivity index (χ2v) is 6.30. The Balaban J connectivity index is 1.71. The fourth-order valence-corrected chi connectivity index (χ4v) is 2.97. The highest BCUT2D eigenvalue weighted by molar-refractivity contribution is 5.74. The predicted octanol–water partition coefficient (Wildman–Crippen LogP) is 3.91. The monoisotopic (exact) mass is 377 g/mol. The van der Waals surface area contributed by atoms with Gasteiger partial charge in [0.1, 0.15) is 11.6 Å². The van der Waals surface area contributed by atoms with Gasteiger partial charge in [0.2, 0.25) is 0 Å². The second-order valence-electron chi connectivity index (χ2n) is 6.30. The van der Waals surface area contributed by atoms with E-state index < -0.39 is 11.6 Å². The summed E-state index contributed by atoms with van der Waals surface area (Å²) in [6, 6.07) is 8.82. The van der Waals surface area contributed by atoms with Gasteiger partial charge in [0, 0.05) is 53.6 Å². The molecule has 0 bridgehead atoms. The zero-order valence-corrected chi connectivity index (χ0v) is 14.9. The van der Waals surface area contributed by atoms with Gasteiger partial charge < -0.3 is 5.73 Å². The molecule has 0 aliphatic carbocycles. The van der Waals surface area contributed by atoms with Gasteiger partial charge in [-0.15, -0.1) is 0 Å². The van der Waals surface area contributed by atoms with Crippen molar-refractivity contribution >= 4 is 0 Å². The molecule has 2 N–H and O–H groups in total. The van der Waals surface area contributed by atoms with Gasteiger partial charge in [-0.3, -0.25) is 14.6 Å². The molecular weight excluding hydrogens is 360 g/mol. The first kappa shape index (κ1) is 17.9. The van der Waals surface area contributed by atoms with Crippen LogP contribution in [0, 0.1) is 11.6 Å². The van der Waals surface area contributed by atoms with Gasteiger partial charge in [0.15, 0.2) is 0 Å². The number of nitrogens with zero attached hydrogens (tertiary/aromatic N) is 4. The third-order valence-corrected chi connectivity index (χ3v) is 4.36. The number of aromatic nitrogens is 4. The molecule has 5 nitrogen and oxygen atoms in total. The standard InChI is InChI=1S/C21H17F2N5/c22-18-1-2-20(23)19(9-18)21-8-14(3-5-26-21)15-7-16(11-25-10-15)17-12-27-28(13-17)6-4-24/h1-3,5,7-13H,4,6,24H2. The summed E-state index contributed by atoms with van der Waals surface area (Å²) in [5, 5.41) is 4.28. The Morgan fingerprint density at radius 3 is 2.54 bits per heavy atom. The van der Waals surface area contributed by atoms with Crippen LogP contribution < -0.4 is 5.73 Å². The highest BCUT2D eigenvalue weighted by Crippen LogP contribution is 2.29. The lowest BCUT2D eigenvalue weighted by Crippen LogP contribution is -2.09. The summed E-state index contributed by atoms with van der Waals surface area (Å²) in [6.45, 7) is 1.15. The van der Waals surface area contributed by atoms with Crippen LogP contribution in [-0.2, 0) is 6.54 Å². The number of benzene rings is 1. The van der Waals surface area contributed by atoms with E-state index in [2.05, 4.69) is 15.1 Å². The number of hydrogen-bond acceptors (Lipinski definition) is 4. The molecule has 3 heterocycles. The molecule has 1 aromatic carbocycles. The summed E-state index contributed by atoms with van der Waals surface area (Å²) >= 11 is 0. The van der Waals surface area contributed by atoms with Crippen molar-refractivity contribution in [3.8, 4) is 33.5 Å². The van der Waals surface area contributed by atoms with Crippen LogP contribution in [0.3, 0.4) is 0 Å². The minimum absolute atomic E-state index is 0.119. The van der Waals surface area contributed by atoms with Crippen molar-refractivity contribution in [2.75, 3.05) is 6.54 Å². The first-order valence-corrected chi connectivity index (χ1v) is 8.74. The molecule has 140 valence electrons. The van der Waals surface area contributed by atoms with E-state index in [0.29, 0.717) is 18.8 Å². The largest absolute Gasteiger partial charge is 0.329 e. The quantitative estimate of drug-likeness (QED) is 0.572. The van der Waals surface area contributed by atoms with Crippen molar-refractivity contribution < 1.29 is 8.78 Å². The summed E-state index contributed by atoms with van der Waals surface area (Å²) < 4.78 is 29.4. The van der Waals surface area contributed by atoms with Crippen LogP contribution in [0.4, 0.5) is 8.78 Å². The van der Waals surface area contributed by atoms with Crippen LogP contribution in [0.5, 0.6) is 0 Å². The third-order valence-electron chi connectivity index (χ3n) is 4.36. The lowest BCUT2D eigenvalue weighted by molar-refractivity contribution is 0.602. The molecular formula is C21H17F2N5. The summed E-state index contributed by atoms with van der Waals surface area (Å²) in [5.41, 5.74) is 9.50. The number of rotatable bonds is 5. The van der Waals surface area contributed by atoms with Crippen molar-refractivity contribution in [2.45, 2.75) is 6.54 Å².